The largest absolute Gasteiger partial charge is 0.383 e. The number of methoxy groups -OCH3 is 1. The van der Waals surface area contributed by atoms with E-state index in [0.29, 0.717) is 0 Å². The van der Waals surface area contributed by atoms with Gasteiger partial charge in [-0.25, -0.2) is 0 Å². The van der Waals surface area contributed by atoms with E-state index in [1.54, 1.807) is 18.9 Å². The number of halogens is 1. The van der Waals surface area contributed by atoms with Crippen molar-refractivity contribution in [1.82, 2.24) is 15.1 Å². The van der Waals surface area contributed by atoms with Crippen LogP contribution in [0.2, 0.25) is 0 Å². The zero-order valence-corrected chi connectivity index (χ0v) is 14.0. The van der Waals surface area contributed by atoms with E-state index in [1.165, 1.54) is 10.5 Å². The van der Waals surface area contributed by atoms with Crippen molar-refractivity contribution in [3.63, 3.8) is 0 Å². The summed E-state index contributed by atoms with van der Waals surface area (Å²) in [6.07, 6.45) is 3.90. The number of rotatable bonds is 7. The van der Waals surface area contributed by atoms with Crippen molar-refractivity contribution in [3.8, 4) is 0 Å². The minimum Gasteiger partial charge on any atom is -0.383 e. The normalized spacial score (nSPS) is 10.9. The van der Waals surface area contributed by atoms with Gasteiger partial charge in [0.25, 0.3) is 0 Å². The van der Waals surface area contributed by atoms with E-state index in [1.807, 2.05) is 24.1 Å². The Labute approximate surface area is 132 Å². The van der Waals surface area contributed by atoms with Gasteiger partial charge >= 0.3 is 0 Å². The summed E-state index contributed by atoms with van der Waals surface area (Å²) in [5, 5.41) is 7.58. The third-order valence-corrected chi connectivity index (χ3v) is 4.28. The molecule has 0 saturated carbocycles. The van der Waals surface area contributed by atoms with Gasteiger partial charge < -0.3 is 10.1 Å². The maximum absolute atomic E-state index is 5.04. The Morgan fingerprint density at radius 3 is 3.00 bits per heavy atom. The van der Waals surface area contributed by atoms with Crippen molar-refractivity contribution in [2.75, 3.05) is 20.3 Å². The molecular weight excluding hydrogens is 338 g/mol. The monoisotopic (exact) mass is 355 g/mol. The second-order valence-electron chi connectivity index (χ2n) is 4.37. The number of aromatic nitrogens is 2. The number of nitrogens with one attached hydrogen (secondary N) is 1. The molecule has 6 heteroatoms. The van der Waals surface area contributed by atoms with Crippen LogP contribution in [0.1, 0.15) is 5.56 Å². The molecule has 0 fully saturated rings. The van der Waals surface area contributed by atoms with Crippen LogP contribution in [0.4, 0.5) is 0 Å². The van der Waals surface area contributed by atoms with E-state index in [9.17, 15) is 0 Å². The first-order valence-electron chi connectivity index (χ1n) is 6.33. The SMILES string of the molecule is COCCNCc1ccc(Br)cc1Sc1cnn(C)c1. The van der Waals surface area contributed by atoms with Crippen molar-refractivity contribution in [3.05, 3.63) is 40.6 Å². The van der Waals surface area contributed by atoms with Crippen molar-refractivity contribution < 1.29 is 4.74 Å². The van der Waals surface area contributed by atoms with Gasteiger partial charge in [-0.1, -0.05) is 33.8 Å². The molecule has 108 valence electrons. The fourth-order valence-electron chi connectivity index (χ4n) is 1.75. The van der Waals surface area contributed by atoms with E-state index in [0.717, 1.165) is 29.1 Å². The fraction of sp³-hybridized carbons (Fsp3) is 0.357. The average molecular weight is 356 g/mol. The van der Waals surface area contributed by atoms with Crippen LogP contribution in [0.3, 0.4) is 0 Å². The Morgan fingerprint density at radius 1 is 1.45 bits per heavy atom. The lowest BCUT2D eigenvalue weighted by atomic mass is 10.2. The molecule has 1 heterocycles. The molecule has 0 saturated heterocycles. The quantitative estimate of drug-likeness (QED) is 0.774. The molecule has 0 aliphatic carbocycles. The third-order valence-electron chi connectivity index (χ3n) is 2.74. The van der Waals surface area contributed by atoms with Crippen LogP contribution in [0.15, 0.2) is 44.9 Å². The Bertz CT molecular complexity index is 559. The van der Waals surface area contributed by atoms with Gasteiger partial charge in [-0.15, -0.1) is 0 Å². The van der Waals surface area contributed by atoms with Crippen LogP contribution in [0.25, 0.3) is 0 Å². The molecule has 2 rings (SSSR count). The molecule has 0 spiro atoms. The number of aryl methyl sites for hydroxylation is 1. The van der Waals surface area contributed by atoms with Gasteiger partial charge in [-0.05, 0) is 17.7 Å². The number of ether oxygens (including phenoxy) is 1. The molecular formula is C14H18BrN3OS. The Hall–Kier alpha value is -0.820. The Balaban J connectivity index is 2.07. The maximum Gasteiger partial charge on any atom is 0.0629 e. The first kappa shape index (κ1) is 15.6. The van der Waals surface area contributed by atoms with E-state index in [2.05, 4.69) is 44.5 Å². The van der Waals surface area contributed by atoms with Crippen LogP contribution in [0.5, 0.6) is 0 Å². The molecule has 0 aliphatic rings. The van der Waals surface area contributed by atoms with Gasteiger partial charge in [0.1, 0.15) is 0 Å². The number of hydrogen-bond acceptors (Lipinski definition) is 4. The predicted octanol–water partition coefficient (Wildman–Crippen LogP) is 3.07. The highest BCUT2D eigenvalue weighted by molar-refractivity contribution is 9.10. The number of nitrogens with zero attached hydrogens (tertiary/aromatic N) is 2. The molecule has 0 aliphatic heterocycles. The molecule has 0 radical (unpaired) electrons. The average Bonchev–Trinajstić information content (AvgIpc) is 2.82. The smallest absolute Gasteiger partial charge is 0.0629 e. The summed E-state index contributed by atoms with van der Waals surface area (Å²) in [5.74, 6) is 0. The van der Waals surface area contributed by atoms with Gasteiger partial charge in [-0.3, -0.25) is 4.68 Å². The van der Waals surface area contributed by atoms with Gasteiger partial charge in [0.2, 0.25) is 0 Å². The van der Waals surface area contributed by atoms with Crippen LogP contribution in [-0.4, -0.2) is 30.0 Å². The van der Waals surface area contributed by atoms with Crippen molar-refractivity contribution in [1.29, 1.82) is 0 Å². The fourth-order valence-corrected chi connectivity index (χ4v) is 3.27. The minimum atomic E-state index is 0.724. The van der Waals surface area contributed by atoms with E-state index in [-0.39, 0.29) is 0 Å². The number of benzene rings is 1. The summed E-state index contributed by atoms with van der Waals surface area (Å²) in [5.41, 5.74) is 1.28. The summed E-state index contributed by atoms with van der Waals surface area (Å²) in [4.78, 5) is 2.38. The van der Waals surface area contributed by atoms with Crippen LogP contribution < -0.4 is 5.32 Å². The molecule has 0 atom stereocenters. The van der Waals surface area contributed by atoms with Crippen LogP contribution >= 0.6 is 27.7 Å². The Morgan fingerprint density at radius 2 is 2.30 bits per heavy atom. The highest BCUT2D eigenvalue weighted by atomic mass is 79.9. The molecule has 0 unspecified atom stereocenters. The van der Waals surface area contributed by atoms with E-state index >= 15 is 0 Å². The molecule has 4 nitrogen and oxygen atoms in total. The molecule has 0 amide bonds. The number of hydrogen-bond donors (Lipinski definition) is 1. The first-order valence-corrected chi connectivity index (χ1v) is 7.94. The summed E-state index contributed by atoms with van der Waals surface area (Å²) in [6, 6.07) is 6.36. The predicted molar refractivity (Wildman–Crippen MR) is 85.1 cm³/mol. The van der Waals surface area contributed by atoms with Gasteiger partial charge in [0.15, 0.2) is 0 Å². The zero-order valence-electron chi connectivity index (χ0n) is 11.6. The second-order valence-corrected chi connectivity index (χ2v) is 6.40. The topological polar surface area (TPSA) is 39.1 Å². The zero-order chi connectivity index (χ0) is 14.4. The summed E-state index contributed by atoms with van der Waals surface area (Å²) < 4.78 is 7.95. The van der Waals surface area contributed by atoms with Crippen molar-refractivity contribution in [2.24, 2.45) is 7.05 Å². The second kappa shape index (κ2) is 7.83. The standard InChI is InChI=1S/C14H18BrN3OS/c1-18-10-13(9-17-18)20-14-7-12(15)4-3-11(14)8-16-5-6-19-2/h3-4,7,9-10,16H,5-6,8H2,1-2H3. The van der Waals surface area contributed by atoms with E-state index < -0.39 is 0 Å². The van der Waals surface area contributed by atoms with Crippen molar-refractivity contribution in [2.45, 2.75) is 16.3 Å². The van der Waals surface area contributed by atoms with Gasteiger partial charge in [0.05, 0.1) is 17.7 Å². The van der Waals surface area contributed by atoms with Gasteiger partial charge in [0, 0.05) is 42.8 Å². The highest BCUT2D eigenvalue weighted by Crippen LogP contribution is 2.32. The van der Waals surface area contributed by atoms with Crippen molar-refractivity contribution >= 4 is 27.7 Å². The summed E-state index contributed by atoms with van der Waals surface area (Å²) in [7, 11) is 3.64. The lowest BCUT2D eigenvalue weighted by Gasteiger charge is -2.10. The molecule has 2 aromatic rings. The molecule has 0 bridgehead atoms. The molecule has 20 heavy (non-hydrogen) atoms. The maximum atomic E-state index is 5.04. The summed E-state index contributed by atoms with van der Waals surface area (Å²) in [6.45, 7) is 2.41. The van der Waals surface area contributed by atoms with Crippen LogP contribution in [0, 0.1) is 0 Å². The minimum absolute atomic E-state index is 0.724. The third kappa shape index (κ3) is 4.63. The first-order chi connectivity index (χ1) is 9.69. The Kier molecular flexibility index (Phi) is 6.09. The highest BCUT2D eigenvalue weighted by Gasteiger charge is 2.07. The molecule has 1 N–H and O–H groups in total. The van der Waals surface area contributed by atoms with Crippen LogP contribution in [-0.2, 0) is 18.3 Å². The molecule has 1 aromatic carbocycles. The van der Waals surface area contributed by atoms with Gasteiger partial charge in [-0.2, -0.15) is 5.10 Å². The van der Waals surface area contributed by atoms with E-state index in [4.69, 9.17) is 4.74 Å². The lowest BCUT2D eigenvalue weighted by molar-refractivity contribution is 0.199. The lowest BCUT2D eigenvalue weighted by Crippen LogP contribution is -2.18. The summed E-state index contributed by atoms with van der Waals surface area (Å²) >= 11 is 5.26. The molecule has 1 aromatic heterocycles.